The van der Waals surface area contributed by atoms with Crippen molar-refractivity contribution in [3.05, 3.63) is 38.4 Å². The first kappa shape index (κ1) is 14.6. The molecule has 0 aromatic heterocycles. The smallest absolute Gasteiger partial charge is 0.258 e. The van der Waals surface area contributed by atoms with E-state index >= 15 is 0 Å². The number of nitrogens with zero attached hydrogens (tertiary/aromatic N) is 1. The molecule has 0 heterocycles. The average molecular weight is 294 g/mol. The fraction of sp³-hybridized carbons (Fsp3) is 0.250. The van der Waals surface area contributed by atoms with Crippen LogP contribution < -0.4 is 0 Å². The van der Waals surface area contributed by atoms with Crippen LogP contribution >= 0.6 is 11.6 Å². The number of benzene rings is 1. The predicted molar refractivity (Wildman–Crippen MR) is 48.1 cm³/mol. The van der Waals surface area contributed by atoms with Crippen molar-refractivity contribution in [1.82, 2.24) is 0 Å². The van der Waals surface area contributed by atoms with E-state index in [1.165, 1.54) is 0 Å². The molecular weight excluding hydrogens is 292 g/mol. The Labute approximate surface area is 100 Å². The first-order chi connectivity index (χ1) is 7.94. The molecule has 0 saturated carbocycles. The fourth-order valence-electron chi connectivity index (χ4n) is 1.16. The summed E-state index contributed by atoms with van der Waals surface area (Å²) in [5, 5.41) is 9.10. The van der Waals surface area contributed by atoms with Crippen LogP contribution in [0.25, 0.3) is 0 Å². The maximum Gasteiger partial charge on any atom is 0.423 e. The Balaban J connectivity index is 3.60. The summed E-state index contributed by atoms with van der Waals surface area (Å²) in [5.74, 6) is 0. The molecule has 100 valence electrons. The summed E-state index contributed by atoms with van der Waals surface area (Å²) < 4.78 is 74.1. The van der Waals surface area contributed by atoms with Gasteiger partial charge in [0.15, 0.2) is 0 Å². The first-order valence-electron chi connectivity index (χ1n) is 4.07. The number of halogens is 7. The molecular formula is C8H2ClF6NO2. The highest BCUT2D eigenvalue weighted by Crippen LogP contribution is 2.43. The molecule has 0 saturated heterocycles. The maximum absolute atomic E-state index is 12.4. The van der Waals surface area contributed by atoms with Gasteiger partial charge in [-0.2, -0.15) is 26.3 Å². The second-order valence-corrected chi connectivity index (χ2v) is 3.51. The van der Waals surface area contributed by atoms with Crippen LogP contribution in [-0.2, 0) is 12.4 Å². The molecule has 0 N–H and O–H groups in total. The van der Waals surface area contributed by atoms with Gasteiger partial charge in [-0.15, -0.1) is 0 Å². The zero-order valence-corrected chi connectivity index (χ0v) is 8.82. The molecule has 0 amide bonds. The van der Waals surface area contributed by atoms with Crippen molar-refractivity contribution in [3.63, 3.8) is 0 Å². The third kappa shape index (κ3) is 2.84. The molecule has 0 bridgehead atoms. The van der Waals surface area contributed by atoms with Crippen LogP contribution in [0.1, 0.15) is 11.1 Å². The molecule has 0 fully saturated rings. The summed E-state index contributed by atoms with van der Waals surface area (Å²) in [6, 6.07) is -0.340. The lowest BCUT2D eigenvalue weighted by atomic mass is 10.1. The van der Waals surface area contributed by atoms with Gasteiger partial charge in [-0.3, -0.25) is 10.1 Å². The molecule has 18 heavy (non-hydrogen) atoms. The van der Waals surface area contributed by atoms with Crippen LogP contribution in [0.5, 0.6) is 0 Å². The van der Waals surface area contributed by atoms with Crippen molar-refractivity contribution < 1.29 is 31.3 Å². The summed E-state index contributed by atoms with van der Waals surface area (Å²) in [6.07, 6.45) is -10.2. The molecule has 0 aliphatic heterocycles. The molecule has 0 unspecified atom stereocenters. The van der Waals surface area contributed by atoms with E-state index in [0.717, 1.165) is 0 Å². The highest BCUT2D eigenvalue weighted by Gasteiger charge is 2.42. The lowest BCUT2D eigenvalue weighted by Crippen LogP contribution is -2.13. The van der Waals surface area contributed by atoms with Crippen LogP contribution in [0.3, 0.4) is 0 Å². The van der Waals surface area contributed by atoms with E-state index in [0.29, 0.717) is 0 Å². The van der Waals surface area contributed by atoms with Gasteiger partial charge < -0.3 is 0 Å². The Hall–Kier alpha value is -1.51. The largest absolute Gasteiger partial charge is 0.423 e. The molecule has 0 aliphatic rings. The van der Waals surface area contributed by atoms with E-state index in [-0.39, 0.29) is 12.1 Å². The maximum atomic E-state index is 12.4. The van der Waals surface area contributed by atoms with Crippen molar-refractivity contribution in [2.75, 3.05) is 0 Å². The van der Waals surface area contributed by atoms with E-state index in [1.807, 2.05) is 0 Å². The zero-order chi connectivity index (χ0) is 14.3. The van der Waals surface area contributed by atoms with Gasteiger partial charge in [-0.05, 0) is 6.07 Å². The topological polar surface area (TPSA) is 43.1 Å². The van der Waals surface area contributed by atoms with E-state index in [2.05, 4.69) is 0 Å². The number of hydrogen-bond acceptors (Lipinski definition) is 2. The van der Waals surface area contributed by atoms with Crippen molar-refractivity contribution in [3.8, 4) is 0 Å². The van der Waals surface area contributed by atoms with Gasteiger partial charge in [0.1, 0.15) is 5.56 Å². The van der Waals surface area contributed by atoms with Crippen LogP contribution in [0.4, 0.5) is 32.0 Å². The molecule has 1 rings (SSSR count). The van der Waals surface area contributed by atoms with Gasteiger partial charge in [0, 0.05) is 6.07 Å². The Morgan fingerprint density at radius 1 is 1.00 bits per heavy atom. The second kappa shape index (κ2) is 4.30. The van der Waals surface area contributed by atoms with Gasteiger partial charge in [0.2, 0.25) is 0 Å². The lowest BCUT2D eigenvalue weighted by molar-refractivity contribution is -0.388. The van der Waals surface area contributed by atoms with Crippen molar-refractivity contribution in [2.24, 2.45) is 0 Å². The molecule has 1 aromatic carbocycles. The predicted octanol–water partition coefficient (Wildman–Crippen LogP) is 4.29. The number of alkyl halides is 6. The summed E-state index contributed by atoms with van der Waals surface area (Å²) in [7, 11) is 0. The second-order valence-electron chi connectivity index (χ2n) is 3.10. The monoisotopic (exact) mass is 293 g/mol. The first-order valence-corrected chi connectivity index (χ1v) is 4.44. The molecule has 0 radical (unpaired) electrons. The molecule has 10 heteroatoms. The van der Waals surface area contributed by atoms with E-state index in [4.69, 9.17) is 11.6 Å². The van der Waals surface area contributed by atoms with E-state index in [9.17, 15) is 36.5 Å². The van der Waals surface area contributed by atoms with Crippen LogP contribution in [0, 0.1) is 10.1 Å². The Morgan fingerprint density at radius 2 is 1.44 bits per heavy atom. The quantitative estimate of drug-likeness (QED) is 0.440. The average Bonchev–Trinajstić information content (AvgIpc) is 2.13. The summed E-state index contributed by atoms with van der Waals surface area (Å²) >= 11 is 5.05. The van der Waals surface area contributed by atoms with Gasteiger partial charge >= 0.3 is 12.4 Å². The normalized spacial score (nSPS) is 12.6. The van der Waals surface area contributed by atoms with E-state index in [1.54, 1.807) is 0 Å². The SMILES string of the molecule is O=[N+]([O-])c1cc(C(F)(F)F)c(Cl)cc1C(F)(F)F. The minimum Gasteiger partial charge on any atom is -0.258 e. The molecule has 0 aliphatic carbocycles. The fourth-order valence-corrected chi connectivity index (χ4v) is 1.43. The minimum atomic E-state index is -5.17. The molecule has 0 atom stereocenters. The number of nitro groups is 1. The van der Waals surface area contributed by atoms with Crippen LogP contribution in [0.15, 0.2) is 12.1 Å². The Morgan fingerprint density at radius 3 is 1.78 bits per heavy atom. The zero-order valence-electron chi connectivity index (χ0n) is 8.06. The molecule has 3 nitrogen and oxygen atoms in total. The van der Waals surface area contributed by atoms with Crippen molar-refractivity contribution in [1.29, 1.82) is 0 Å². The number of hydrogen-bond donors (Lipinski definition) is 0. The van der Waals surface area contributed by atoms with Crippen LogP contribution in [-0.4, -0.2) is 4.92 Å². The third-order valence-electron chi connectivity index (χ3n) is 1.89. The molecule has 1 aromatic rings. The summed E-state index contributed by atoms with van der Waals surface area (Å²) in [4.78, 5) is 8.81. The summed E-state index contributed by atoms with van der Waals surface area (Å²) in [6.45, 7) is 0. The molecule has 0 spiro atoms. The van der Waals surface area contributed by atoms with Crippen LogP contribution in [0.2, 0.25) is 5.02 Å². The van der Waals surface area contributed by atoms with E-state index < -0.39 is 39.1 Å². The van der Waals surface area contributed by atoms with Gasteiger partial charge in [-0.1, -0.05) is 11.6 Å². The highest BCUT2D eigenvalue weighted by molar-refractivity contribution is 6.31. The number of rotatable bonds is 1. The standard InChI is InChI=1S/C8H2ClF6NO2/c9-5-1-4(8(13,14)15)6(16(17)18)2-3(5)7(10,11)12/h1-2H. The van der Waals surface area contributed by atoms with Crippen molar-refractivity contribution in [2.45, 2.75) is 12.4 Å². The Bertz CT molecular complexity index is 496. The third-order valence-corrected chi connectivity index (χ3v) is 2.21. The van der Waals surface area contributed by atoms with Gasteiger partial charge in [0.05, 0.1) is 15.5 Å². The van der Waals surface area contributed by atoms with Gasteiger partial charge in [-0.25, -0.2) is 0 Å². The minimum absolute atomic E-state index is 0.109. The lowest BCUT2D eigenvalue weighted by Gasteiger charge is -2.12. The highest BCUT2D eigenvalue weighted by atomic mass is 35.5. The van der Waals surface area contributed by atoms with Gasteiger partial charge in [0.25, 0.3) is 5.69 Å². The number of nitro benzene ring substituents is 1. The Kier molecular flexibility index (Phi) is 3.48. The summed E-state index contributed by atoms with van der Waals surface area (Å²) in [5.41, 5.74) is -5.21. The van der Waals surface area contributed by atoms with Crippen molar-refractivity contribution >= 4 is 17.3 Å².